The number of halogens is 1. The zero-order valence-electron chi connectivity index (χ0n) is 7.71. The van der Waals surface area contributed by atoms with Gasteiger partial charge in [-0.3, -0.25) is 5.32 Å². The number of carbonyl (C=O) groups is 1. The maximum Gasteiger partial charge on any atom is 0.411 e. The van der Waals surface area contributed by atoms with Crippen LogP contribution in [0.1, 0.15) is 5.56 Å². The Morgan fingerprint density at radius 3 is 2.86 bits per heavy atom. The van der Waals surface area contributed by atoms with Crippen LogP contribution < -0.4 is 11.1 Å². The molecule has 1 aromatic rings. The first-order valence-corrected chi connectivity index (χ1v) is 4.01. The van der Waals surface area contributed by atoms with Crippen LogP contribution in [0.3, 0.4) is 0 Å². The summed E-state index contributed by atoms with van der Waals surface area (Å²) in [6.07, 6.45) is -0.634. The number of ether oxygens (including phenoxy) is 1. The maximum absolute atomic E-state index is 13.1. The van der Waals surface area contributed by atoms with Gasteiger partial charge in [-0.15, -0.1) is 0 Å². The summed E-state index contributed by atoms with van der Waals surface area (Å²) in [7, 11) is 1.24. The van der Waals surface area contributed by atoms with Crippen molar-refractivity contribution in [3.63, 3.8) is 0 Å². The fraction of sp³-hybridized carbons (Fsp3) is 0.222. The van der Waals surface area contributed by atoms with E-state index in [0.29, 0.717) is 11.3 Å². The van der Waals surface area contributed by atoms with Gasteiger partial charge in [0.1, 0.15) is 5.82 Å². The molecule has 1 aromatic carbocycles. The molecule has 5 heteroatoms. The lowest BCUT2D eigenvalue weighted by Crippen LogP contribution is -2.11. The minimum Gasteiger partial charge on any atom is -0.453 e. The molecule has 0 heterocycles. The van der Waals surface area contributed by atoms with Gasteiger partial charge in [-0.05, 0) is 12.1 Å². The van der Waals surface area contributed by atoms with Crippen molar-refractivity contribution >= 4 is 11.8 Å². The van der Waals surface area contributed by atoms with Crippen LogP contribution in [-0.4, -0.2) is 13.2 Å². The number of hydrogen-bond donors (Lipinski definition) is 2. The van der Waals surface area contributed by atoms with Crippen molar-refractivity contribution in [3.8, 4) is 0 Å². The van der Waals surface area contributed by atoms with Gasteiger partial charge in [0.25, 0.3) is 0 Å². The number of anilines is 1. The van der Waals surface area contributed by atoms with Gasteiger partial charge in [-0.1, -0.05) is 6.07 Å². The number of hydrogen-bond acceptors (Lipinski definition) is 3. The number of nitrogens with two attached hydrogens (primary N) is 1. The molecule has 0 aromatic heterocycles. The van der Waals surface area contributed by atoms with Gasteiger partial charge in [0.05, 0.1) is 7.11 Å². The second-order valence-corrected chi connectivity index (χ2v) is 2.63. The predicted octanol–water partition coefficient (Wildman–Crippen LogP) is 1.46. The van der Waals surface area contributed by atoms with Crippen LogP contribution in [0.2, 0.25) is 0 Å². The molecule has 4 nitrogen and oxygen atoms in total. The topological polar surface area (TPSA) is 64.3 Å². The predicted molar refractivity (Wildman–Crippen MR) is 50.3 cm³/mol. The van der Waals surface area contributed by atoms with Crippen LogP contribution in [0.5, 0.6) is 0 Å². The minimum atomic E-state index is -0.634. The van der Waals surface area contributed by atoms with E-state index >= 15 is 0 Å². The first-order chi connectivity index (χ1) is 6.67. The number of amides is 1. The largest absolute Gasteiger partial charge is 0.453 e. The van der Waals surface area contributed by atoms with Crippen LogP contribution >= 0.6 is 0 Å². The van der Waals surface area contributed by atoms with Crippen molar-refractivity contribution in [2.75, 3.05) is 12.4 Å². The third-order valence-corrected chi connectivity index (χ3v) is 1.70. The number of methoxy groups -OCH3 is 1. The minimum absolute atomic E-state index is 0.129. The fourth-order valence-electron chi connectivity index (χ4n) is 0.959. The molecule has 14 heavy (non-hydrogen) atoms. The number of benzene rings is 1. The van der Waals surface area contributed by atoms with Crippen molar-refractivity contribution in [2.45, 2.75) is 6.54 Å². The Bertz CT molecular complexity index is 342. The summed E-state index contributed by atoms with van der Waals surface area (Å²) in [5.41, 5.74) is 6.02. The Morgan fingerprint density at radius 1 is 1.64 bits per heavy atom. The second kappa shape index (κ2) is 4.57. The van der Waals surface area contributed by atoms with E-state index in [2.05, 4.69) is 10.1 Å². The first-order valence-electron chi connectivity index (χ1n) is 4.01. The van der Waals surface area contributed by atoms with Crippen LogP contribution in [0.4, 0.5) is 14.9 Å². The molecule has 0 aliphatic carbocycles. The zero-order chi connectivity index (χ0) is 10.6. The summed E-state index contributed by atoms with van der Waals surface area (Å²) in [6, 6.07) is 4.27. The van der Waals surface area contributed by atoms with Gasteiger partial charge in [0.15, 0.2) is 0 Å². The van der Waals surface area contributed by atoms with Crippen molar-refractivity contribution in [2.24, 2.45) is 5.73 Å². The van der Waals surface area contributed by atoms with Gasteiger partial charge >= 0.3 is 6.09 Å². The zero-order valence-corrected chi connectivity index (χ0v) is 7.71. The lowest BCUT2D eigenvalue weighted by Gasteiger charge is -2.05. The van der Waals surface area contributed by atoms with E-state index in [-0.39, 0.29) is 6.54 Å². The molecule has 0 atom stereocenters. The summed E-state index contributed by atoms with van der Waals surface area (Å²) >= 11 is 0. The van der Waals surface area contributed by atoms with Crippen LogP contribution in [0, 0.1) is 5.82 Å². The average molecular weight is 198 g/mol. The molecule has 0 fully saturated rings. The third kappa shape index (κ3) is 2.43. The first kappa shape index (κ1) is 10.5. The van der Waals surface area contributed by atoms with Gasteiger partial charge in [0.2, 0.25) is 0 Å². The Morgan fingerprint density at radius 2 is 2.36 bits per heavy atom. The van der Waals surface area contributed by atoms with Gasteiger partial charge in [-0.25, -0.2) is 9.18 Å². The van der Waals surface area contributed by atoms with E-state index in [1.165, 1.54) is 19.2 Å². The summed E-state index contributed by atoms with van der Waals surface area (Å²) in [6.45, 7) is 0.129. The van der Waals surface area contributed by atoms with E-state index in [4.69, 9.17) is 5.73 Å². The van der Waals surface area contributed by atoms with E-state index in [1.807, 2.05) is 0 Å². The normalized spacial score (nSPS) is 9.64. The molecule has 0 saturated heterocycles. The Balaban J connectivity index is 2.81. The Labute approximate surface area is 80.9 Å². The van der Waals surface area contributed by atoms with Crippen molar-refractivity contribution in [1.82, 2.24) is 0 Å². The van der Waals surface area contributed by atoms with Crippen molar-refractivity contribution in [3.05, 3.63) is 29.6 Å². The van der Waals surface area contributed by atoms with E-state index in [1.54, 1.807) is 6.07 Å². The molecule has 0 bridgehead atoms. The molecule has 1 amide bonds. The number of nitrogens with one attached hydrogen (secondary N) is 1. The molecule has 0 aliphatic rings. The number of rotatable bonds is 2. The highest BCUT2D eigenvalue weighted by Gasteiger charge is 2.04. The van der Waals surface area contributed by atoms with Crippen molar-refractivity contribution in [1.29, 1.82) is 0 Å². The standard InChI is InChI=1S/C9H11FN2O2/c1-14-9(13)12-7-3-2-6(5-11)8(10)4-7/h2-4H,5,11H2,1H3,(H,12,13). The lowest BCUT2D eigenvalue weighted by molar-refractivity contribution is 0.187. The highest BCUT2D eigenvalue weighted by atomic mass is 19.1. The molecule has 0 aliphatic heterocycles. The summed E-state index contributed by atoms with van der Waals surface area (Å²) in [5.74, 6) is -0.443. The number of carbonyl (C=O) groups excluding carboxylic acids is 1. The third-order valence-electron chi connectivity index (χ3n) is 1.70. The van der Waals surface area contributed by atoms with Gasteiger partial charge in [-0.2, -0.15) is 0 Å². The van der Waals surface area contributed by atoms with Crippen LogP contribution in [0.25, 0.3) is 0 Å². The molecule has 3 N–H and O–H groups in total. The van der Waals surface area contributed by atoms with Crippen LogP contribution in [0.15, 0.2) is 18.2 Å². The summed E-state index contributed by atoms with van der Waals surface area (Å²) < 4.78 is 17.5. The van der Waals surface area contributed by atoms with Crippen LogP contribution in [-0.2, 0) is 11.3 Å². The monoisotopic (exact) mass is 198 g/mol. The highest BCUT2D eigenvalue weighted by molar-refractivity contribution is 5.84. The van der Waals surface area contributed by atoms with E-state index in [9.17, 15) is 9.18 Å². The summed E-state index contributed by atoms with van der Waals surface area (Å²) in [5, 5.41) is 2.34. The van der Waals surface area contributed by atoms with Gasteiger partial charge in [0, 0.05) is 17.8 Å². The second-order valence-electron chi connectivity index (χ2n) is 2.63. The molecule has 0 saturated carbocycles. The highest BCUT2D eigenvalue weighted by Crippen LogP contribution is 2.14. The SMILES string of the molecule is COC(=O)Nc1ccc(CN)c(F)c1. The molecular formula is C9H11FN2O2. The lowest BCUT2D eigenvalue weighted by atomic mass is 10.2. The molecule has 1 rings (SSSR count). The molecule has 76 valence electrons. The molecule has 0 radical (unpaired) electrons. The smallest absolute Gasteiger partial charge is 0.411 e. The Kier molecular flexibility index (Phi) is 3.41. The quantitative estimate of drug-likeness (QED) is 0.756. The van der Waals surface area contributed by atoms with E-state index in [0.717, 1.165) is 0 Å². The van der Waals surface area contributed by atoms with E-state index < -0.39 is 11.9 Å². The maximum atomic E-state index is 13.1. The average Bonchev–Trinajstić information content (AvgIpc) is 2.18. The Hall–Kier alpha value is -1.62. The molecule has 0 unspecified atom stereocenters. The van der Waals surface area contributed by atoms with Gasteiger partial charge < -0.3 is 10.5 Å². The molecule has 0 spiro atoms. The molecular weight excluding hydrogens is 187 g/mol. The summed E-state index contributed by atoms with van der Waals surface area (Å²) in [4.78, 5) is 10.8. The van der Waals surface area contributed by atoms with Crippen molar-refractivity contribution < 1.29 is 13.9 Å². The fourth-order valence-corrected chi connectivity index (χ4v) is 0.959.